The molecule has 0 aliphatic heterocycles. The summed E-state index contributed by atoms with van der Waals surface area (Å²) in [6.07, 6.45) is 0.375. The largest absolute Gasteiger partial charge is 0.467 e. The van der Waals surface area contributed by atoms with E-state index >= 15 is 0 Å². The molecule has 1 amide bonds. The van der Waals surface area contributed by atoms with Gasteiger partial charge in [-0.25, -0.2) is 9.59 Å². The molecule has 0 bridgehead atoms. The number of nitrogens with one attached hydrogen (secondary N) is 1. The molecule has 0 saturated carbocycles. The lowest BCUT2D eigenvalue weighted by molar-refractivity contribution is -0.389. The van der Waals surface area contributed by atoms with Crippen LogP contribution >= 0.6 is 0 Å². The average Bonchev–Trinajstić information content (AvgIpc) is 2.51. The van der Waals surface area contributed by atoms with E-state index in [0.717, 1.165) is 0 Å². The molecule has 134 valence electrons. The molecule has 1 aromatic heterocycles. The van der Waals surface area contributed by atoms with E-state index in [1.807, 2.05) is 0 Å². The quantitative estimate of drug-likeness (QED) is 0.381. The molecule has 0 radical (unpaired) electrons. The molecule has 0 aliphatic rings. The molecular weight excluding hydrogens is 330 g/mol. The number of carbonyl (C=O) groups is 2. The molecule has 1 rings (SSSR count). The van der Waals surface area contributed by atoms with Crippen LogP contribution in [-0.4, -0.2) is 40.7 Å². The van der Waals surface area contributed by atoms with Gasteiger partial charge in [-0.05, 0) is 42.8 Å². The predicted octanol–water partition coefficient (Wildman–Crippen LogP) is 1.80. The lowest BCUT2D eigenvalue weighted by atomic mass is 10.2. The van der Waals surface area contributed by atoms with Gasteiger partial charge in [0, 0.05) is 6.42 Å². The Morgan fingerprint density at radius 1 is 1.44 bits per heavy atom. The number of ether oxygens (including phenoxy) is 2. The number of esters is 1. The normalized spacial score (nSPS) is 11.5. The van der Waals surface area contributed by atoms with Crippen LogP contribution in [0.15, 0.2) is 18.3 Å². The highest BCUT2D eigenvalue weighted by atomic mass is 16.6. The van der Waals surface area contributed by atoms with Crippen molar-refractivity contribution in [2.45, 2.75) is 38.8 Å². The van der Waals surface area contributed by atoms with Crippen molar-refractivity contribution in [3.05, 3.63) is 34.0 Å². The van der Waals surface area contributed by atoms with Crippen molar-refractivity contribution in [2.24, 2.45) is 0 Å². The molecule has 0 saturated heterocycles. The van der Waals surface area contributed by atoms with Crippen molar-refractivity contribution in [2.75, 3.05) is 7.11 Å². The van der Waals surface area contributed by atoms with Crippen LogP contribution in [0.25, 0.3) is 0 Å². The summed E-state index contributed by atoms with van der Waals surface area (Å²) >= 11 is 0. The van der Waals surface area contributed by atoms with Crippen molar-refractivity contribution in [3.8, 4) is 11.8 Å². The Labute approximate surface area is 144 Å². The first-order valence-electron chi connectivity index (χ1n) is 7.29. The number of pyridine rings is 1. The number of hydrogen-bond donors (Lipinski definition) is 1. The molecule has 9 nitrogen and oxygen atoms in total. The fraction of sp³-hybridized carbons (Fsp3) is 0.438. The van der Waals surface area contributed by atoms with Crippen molar-refractivity contribution in [1.29, 1.82) is 0 Å². The number of nitro groups is 1. The van der Waals surface area contributed by atoms with Crippen LogP contribution in [0.1, 0.15) is 32.8 Å². The monoisotopic (exact) mass is 349 g/mol. The Balaban J connectivity index is 2.87. The lowest BCUT2D eigenvalue weighted by Crippen LogP contribution is -2.43. The Kier molecular flexibility index (Phi) is 6.87. The summed E-state index contributed by atoms with van der Waals surface area (Å²) in [5.41, 5.74) is -0.624. The molecule has 0 aliphatic carbocycles. The second-order valence-corrected chi connectivity index (χ2v) is 5.86. The third-order valence-electron chi connectivity index (χ3n) is 2.67. The number of rotatable bonds is 4. The maximum Gasteiger partial charge on any atom is 0.408 e. The molecule has 0 spiro atoms. The highest BCUT2D eigenvalue weighted by Crippen LogP contribution is 2.12. The Morgan fingerprint density at radius 3 is 2.68 bits per heavy atom. The zero-order valence-corrected chi connectivity index (χ0v) is 14.4. The number of amides is 1. The summed E-state index contributed by atoms with van der Waals surface area (Å²) in [4.78, 5) is 37.4. The number of hydrogen-bond acceptors (Lipinski definition) is 7. The van der Waals surface area contributed by atoms with Crippen LogP contribution in [0.5, 0.6) is 0 Å². The second-order valence-electron chi connectivity index (χ2n) is 5.86. The van der Waals surface area contributed by atoms with Crippen LogP contribution in [-0.2, 0) is 14.3 Å². The molecule has 1 heterocycles. The molecular formula is C16H19N3O6. The highest BCUT2D eigenvalue weighted by molar-refractivity contribution is 5.81. The SMILES string of the molecule is COC(=O)[C@H](CC#Cc1cccnc1[N+](=O)[O-])NC(=O)OC(C)(C)C. The molecule has 0 aromatic carbocycles. The van der Waals surface area contributed by atoms with Gasteiger partial charge < -0.3 is 24.9 Å². The third kappa shape index (κ3) is 6.87. The molecule has 25 heavy (non-hydrogen) atoms. The lowest BCUT2D eigenvalue weighted by Gasteiger charge is -2.21. The summed E-state index contributed by atoms with van der Waals surface area (Å²) in [5, 5.41) is 13.2. The van der Waals surface area contributed by atoms with Crippen molar-refractivity contribution in [3.63, 3.8) is 0 Å². The first-order chi connectivity index (χ1) is 11.6. The van der Waals surface area contributed by atoms with Gasteiger partial charge in [0.25, 0.3) is 0 Å². The maximum absolute atomic E-state index is 11.8. The van der Waals surface area contributed by atoms with Gasteiger partial charge in [0.05, 0.1) is 7.11 Å². The number of nitrogens with zero attached hydrogens (tertiary/aromatic N) is 2. The topological polar surface area (TPSA) is 121 Å². The summed E-state index contributed by atoms with van der Waals surface area (Å²) < 4.78 is 9.68. The molecule has 0 unspecified atom stereocenters. The van der Waals surface area contributed by atoms with Crippen LogP contribution < -0.4 is 5.32 Å². The Morgan fingerprint density at radius 2 is 2.12 bits per heavy atom. The van der Waals surface area contributed by atoms with Crippen molar-refractivity contribution in [1.82, 2.24) is 10.3 Å². The van der Waals surface area contributed by atoms with Gasteiger partial charge in [0.1, 0.15) is 23.4 Å². The van der Waals surface area contributed by atoms with Crippen LogP contribution in [0.3, 0.4) is 0 Å². The molecule has 1 aromatic rings. The van der Waals surface area contributed by atoms with Gasteiger partial charge in [-0.15, -0.1) is 0 Å². The fourth-order valence-electron chi connectivity index (χ4n) is 1.67. The molecule has 9 heteroatoms. The van der Waals surface area contributed by atoms with E-state index in [4.69, 9.17) is 4.74 Å². The van der Waals surface area contributed by atoms with Crippen LogP contribution in [0, 0.1) is 22.0 Å². The predicted molar refractivity (Wildman–Crippen MR) is 87.6 cm³/mol. The van der Waals surface area contributed by atoms with E-state index in [1.54, 1.807) is 20.8 Å². The van der Waals surface area contributed by atoms with Crippen LogP contribution in [0.2, 0.25) is 0 Å². The molecule has 0 fully saturated rings. The maximum atomic E-state index is 11.8. The van der Waals surface area contributed by atoms with Gasteiger partial charge in [-0.1, -0.05) is 11.8 Å². The zero-order valence-electron chi connectivity index (χ0n) is 14.4. The van der Waals surface area contributed by atoms with E-state index in [-0.39, 0.29) is 17.8 Å². The first-order valence-corrected chi connectivity index (χ1v) is 7.29. The summed E-state index contributed by atoms with van der Waals surface area (Å²) in [6, 6.07) is 1.88. The minimum Gasteiger partial charge on any atom is -0.467 e. The van der Waals surface area contributed by atoms with Gasteiger partial charge in [-0.3, -0.25) is 0 Å². The van der Waals surface area contributed by atoms with Crippen molar-refractivity contribution >= 4 is 17.9 Å². The summed E-state index contributed by atoms with van der Waals surface area (Å²) in [6.45, 7) is 5.04. The van der Waals surface area contributed by atoms with Crippen molar-refractivity contribution < 1.29 is 24.0 Å². The fourth-order valence-corrected chi connectivity index (χ4v) is 1.67. The smallest absolute Gasteiger partial charge is 0.408 e. The standard InChI is InChI=1S/C16H19N3O6/c1-16(2,3)25-15(21)18-12(14(20)24-4)9-5-7-11-8-6-10-17-13(11)19(22)23/h6,8,10,12H,9H2,1-4H3,(H,18,21)/t12-/m0/s1. The number of methoxy groups -OCH3 is 1. The number of aromatic nitrogens is 1. The average molecular weight is 349 g/mol. The third-order valence-corrected chi connectivity index (χ3v) is 2.67. The summed E-state index contributed by atoms with van der Waals surface area (Å²) in [7, 11) is 1.17. The van der Waals surface area contributed by atoms with E-state index in [2.05, 4.69) is 26.9 Å². The van der Waals surface area contributed by atoms with E-state index in [9.17, 15) is 19.7 Å². The molecule has 1 atom stereocenters. The Hall–Kier alpha value is -3.15. The first kappa shape index (κ1) is 19.9. The van der Waals surface area contributed by atoms with E-state index < -0.39 is 28.6 Å². The number of alkyl carbamates (subject to hydrolysis) is 1. The van der Waals surface area contributed by atoms with Crippen LogP contribution in [0.4, 0.5) is 10.6 Å². The van der Waals surface area contributed by atoms with Gasteiger partial charge in [-0.2, -0.15) is 0 Å². The van der Waals surface area contributed by atoms with Gasteiger partial charge in [0.15, 0.2) is 0 Å². The van der Waals surface area contributed by atoms with E-state index in [0.29, 0.717) is 0 Å². The zero-order chi connectivity index (χ0) is 19.0. The highest BCUT2D eigenvalue weighted by Gasteiger charge is 2.24. The van der Waals surface area contributed by atoms with Gasteiger partial charge in [0.2, 0.25) is 0 Å². The van der Waals surface area contributed by atoms with E-state index in [1.165, 1.54) is 25.4 Å². The molecule has 1 N–H and O–H groups in total. The second kappa shape index (κ2) is 8.63. The minimum atomic E-state index is -1.07. The minimum absolute atomic E-state index is 0.105. The Bertz CT molecular complexity index is 715. The summed E-state index contributed by atoms with van der Waals surface area (Å²) in [5.74, 6) is 4.09. The number of carbonyl (C=O) groups excluding carboxylic acids is 2. The van der Waals surface area contributed by atoms with Gasteiger partial charge >= 0.3 is 17.9 Å².